The van der Waals surface area contributed by atoms with Gasteiger partial charge in [-0.05, 0) is 12.8 Å². The van der Waals surface area contributed by atoms with Crippen molar-refractivity contribution in [2.45, 2.75) is 19.4 Å². The molecule has 1 aromatic heterocycles. The molecule has 112 valence electrons. The first-order chi connectivity index (χ1) is 8.74. The molecule has 0 radical (unpaired) electrons. The highest BCUT2D eigenvalue weighted by molar-refractivity contribution is 7.85. The van der Waals surface area contributed by atoms with E-state index in [1.165, 1.54) is 0 Å². The van der Waals surface area contributed by atoms with Crippen LogP contribution in [-0.4, -0.2) is 32.1 Å². The van der Waals surface area contributed by atoms with Crippen LogP contribution in [0.1, 0.15) is 12.8 Å². The summed E-state index contributed by atoms with van der Waals surface area (Å²) in [4.78, 5) is 0. The lowest BCUT2D eigenvalue weighted by molar-refractivity contribution is -0.671. The number of aromatic nitrogens is 2. The molecule has 0 amide bonds. The van der Waals surface area contributed by atoms with Gasteiger partial charge in [-0.25, -0.2) is 13.3 Å². The summed E-state index contributed by atoms with van der Waals surface area (Å²) in [5.74, 6) is -0.152. The van der Waals surface area contributed by atoms with Crippen LogP contribution >= 0.6 is 0 Å². The Labute approximate surface area is 113 Å². The molecule has 1 heterocycles. The molecule has 0 saturated carbocycles. The molecule has 0 bridgehead atoms. The molecule has 1 rings (SSSR count). The molecule has 0 spiro atoms. The zero-order valence-corrected chi connectivity index (χ0v) is 11.8. The Bertz CT molecular complexity index is 485. The minimum absolute atomic E-state index is 0.152. The molecule has 0 aliphatic heterocycles. The number of hydrogen-bond acceptors (Lipinski definition) is 6. The molecule has 9 nitrogen and oxygen atoms in total. The van der Waals surface area contributed by atoms with Gasteiger partial charge in [0.05, 0.1) is 30.7 Å². The lowest BCUT2D eigenvalue weighted by Gasteiger charge is -2.05. The monoisotopic (exact) mass is 315 g/mol. The summed E-state index contributed by atoms with van der Waals surface area (Å²) >= 11 is -2.88. The summed E-state index contributed by atoms with van der Waals surface area (Å²) in [6.07, 6.45) is 7.00. The van der Waals surface area contributed by atoms with Crippen LogP contribution in [0.25, 0.3) is 0 Å². The number of unbranched alkanes of at least 4 members (excludes halogenated alkanes) is 1. The van der Waals surface area contributed by atoms with Crippen molar-refractivity contribution < 1.29 is 35.9 Å². The summed E-state index contributed by atoms with van der Waals surface area (Å²) in [5.41, 5.74) is 0. The van der Waals surface area contributed by atoms with Gasteiger partial charge in [-0.2, -0.15) is 8.42 Å². The van der Waals surface area contributed by atoms with E-state index in [0.717, 1.165) is 13.0 Å². The molecule has 1 N–H and O–H groups in total. The maximum Gasteiger partial charge on any atom is 0.264 e. The van der Waals surface area contributed by atoms with Crippen molar-refractivity contribution in [2.75, 3.05) is 5.75 Å². The number of nitrogens with zero attached hydrogens (tertiary/aromatic N) is 2. The van der Waals surface area contributed by atoms with Crippen molar-refractivity contribution >= 4 is 21.5 Å². The lowest BCUT2D eigenvalue weighted by atomic mass is 10.3. The zero-order valence-electron chi connectivity index (χ0n) is 10.2. The third-order valence-corrected chi connectivity index (χ3v) is 2.86. The first kappa shape index (κ1) is 18.1. The topological polar surface area (TPSA) is 136 Å². The quantitative estimate of drug-likeness (QED) is 0.161. The first-order valence-electron chi connectivity index (χ1n) is 5.10. The second-order valence-corrected chi connectivity index (χ2v) is 5.70. The van der Waals surface area contributed by atoms with Gasteiger partial charge >= 0.3 is 0 Å². The van der Waals surface area contributed by atoms with E-state index in [4.69, 9.17) is 18.6 Å². The zero-order chi connectivity index (χ0) is 14.9. The van der Waals surface area contributed by atoms with Crippen LogP contribution in [0, 0.1) is 0 Å². The van der Waals surface area contributed by atoms with Crippen LogP contribution in [0.3, 0.4) is 0 Å². The highest BCUT2D eigenvalue weighted by Crippen LogP contribution is 1.97. The van der Waals surface area contributed by atoms with E-state index >= 15 is 0 Å². The van der Waals surface area contributed by atoms with E-state index in [1.807, 2.05) is 34.9 Å². The van der Waals surface area contributed by atoms with Crippen molar-refractivity contribution in [1.29, 1.82) is 0 Å². The van der Waals surface area contributed by atoms with E-state index in [9.17, 15) is 8.42 Å². The molecular weight excluding hydrogens is 300 g/mol. The molecule has 0 aliphatic rings. The van der Waals surface area contributed by atoms with Gasteiger partial charge in [0.2, 0.25) is 6.33 Å². The largest absolute Gasteiger partial charge is 0.750 e. The Kier molecular flexibility index (Phi) is 8.71. The molecule has 1 aromatic rings. The van der Waals surface area contributed by atoms with E-state index < -0.39 is 21.5 Å². The van der Waals surface area contributed by atoms with Gasteiger partial charge in [0.25, 0.3) is 10.1 Å². The summed E-state index contributed by atoms with van der Waals surface area (Å²) in [5, 5.41) is 8.52. The van der Waals surface area contributed by atoms with E-state index in [0.29, 0.717) is 6.42 Å². The van der Waals surface area contributed by atoms with Gasteiger partial charge in [0, 0.05) is 0 Å². The number of aryl methyl sites for hydroxylation is 2. The Hall–Kier alpha value is -0.850. The second kappa shape index (κ2) is 9.12. The standard InChI is InChI=1S/C8H14N2O3S.H2O4S/c1-9-5-6-10(8-9)4-2-3-7-14(11,12)13;1-4-5(2)3/h5-6,8H,2-4,7H2,1H3;1H,(H,2,3)/p-1. The highest BCUT2D eigenvalue weighted by Gasteiger charge is 2.05. The van der Waals surface area contributed by atoms with Crippen molar-refractivity contribution in [2.24, 2.45) is 7.05 Å². The van der Waals surface area contributed by atoms with Crippen molar-refractivity contribution in [3.63, 3.8) is 0 Å². The van der Waals surface area contributed by atoms with Crippen LogP contribution in [0.5, 0.6) is 0 Å². The van der Waals surface area contributed by atoms with Crippen LogP contribution in [0.4, 0.5) is 0 Å². The van der Waals surface area contributed by atoms with Gasteiger partial charge in [-0.15, -0.1) is 0 Å². The predicted molar refractivity (Wildman–Crippen MR) is 61.3 cm³/mol. The van der Waals surface area contributed by atoms with Gasteiger partial charge in [0.1, 0.15) is 12.4 Å². The summed E-state index contributed by atoms with van der Waals surface area (Å²) in [6, 6.07) is 0. The SMILES string of the molecule is C[n+]1ccn(CCCCS(=O)(=O)O)c1.O=S([O-])O[O-]. The molecular formula is C8H15N2O7S2-. The summed E-state index contributed by atoms with van der Waals surface area (Å²) in [7, 11) is -1.86. The Morgan fingerprint density at radius 1 is 1.47 bits per heavy atom. The van der Waals surface area contributed by atoms with Gasteiger partial charge < -0.3 is 14.1 Å². The molecule has 19 heavy (non-hydrogen) atoms. The third kappa shape index (κ3) is 11.9. The fraction of sp³-hybridized carbons (Fsp3) is 0.625. The fourth-order valence-corrected chi connectivity index (χ4v) is 1.78. The fourth-order valence-electron chi connectivity index (χ4n) is 1.21. The Balaban J connectivity index is 0.000000555. The van der Waals surface area contributed by atoms with Crippen LogP contribution in [0.15, 0.2) is 18.7 Å². The molecule has 0 aliphatic carbocycles. The minimum atomic E-state index is -3.79. The maximum atomic E-state index is 10.4. The lowest BCUT2D eigenvalue weighted by Crippen LogP contribution is -2.23. The van der Waals surface area contributed by atoms with Crippen molar-refractivity contribution in [3.05, 3.63) is 18.7 Å². The number of hydrogen-bond donors (Lipinski definition) is 1. The normalized spacial score (nSPS) is 12.6. The van der Waals surface area contributed by atoms with Crippen molar-refractivity contribution in [1.82, 2.24) is 4.57 Å². The summed E-state index contributed by atoms with van der Waals surface area (Å²) < 4.78 is 53.2. The molecule has 0 saturated heterocycles. The van der Waals surface area contributed by atoms with Gasteiger partial charge in [0.15, 0.2) is 0 Å². The van der Waals surface area contributed by atoms with Gasteiger partial charge in [-0.1, -0.05) is 0 Å². The van der Waals surface area contributed by atoms with E-state index in [-0.39, 0.29) is 5.75 Å². The maximum absolute atomic E-state index is 10.4. The van der Waals surface area contributed by atoms with E-state index in [2.05, 4.69) is 4.33 Å². The Morgan fingerprint density at radius 3 is 2.42 bits per heavy atom. The summed E-state index contributed by atoms with van der Waals surface area (Å²) in [6.45, 7) is 0.774. The Morgan fingerprint density at radius 2 is 2.05 bits per heavy atom. The third-order valence-electron chi connectivity index (χ3n) is 1.95. The highest BCUT2D eigenvalue weighted by atomic mass is 32.2. The predicted octanol–water partition coefficient (Wildman–Crippen LogP) is -1.95. The average Bonchev–Trinajstić information content (AvgIpc) is 2.70. The van der Waals surface area contributed by atoms with Gasteiger partial charge in [-0.3, -0.25) is 4.55 Å². The minimum Gasteiger partial charge on any atom is -0.750 e. The molecule has 1 atom stereocenters. The molecule has 11 heteroatoms. The smallest absolute Gasteiger partial charge is 0.264 e. The van der Waals surface area contributed by atoms with Crippen LogP contribution in [-0.2, 0) is 39.4 Å². The molecule has 1 unspecified atom stereocenters. The first-order valence-corrected chi connectivity index (χ1v) is 7.71. The number of rotatable bonds is 6. The average molecular weight is 315 g/mol. The number of imidazole rings is 1. The van der Waals surface area contributed by atoms with Crippen LogP contribution in [0.2, 0.25) is 0 Å². The van der Waals surface area contributed by atoms with E-state index in [1.54, 1.807) is 0 Å². The molecule has 0 fully saturated rings. The van der Waals surface area contributed by atoms with Crippen LogP contribution < -0.4 is 9.82 Å². The second-order valence-electron chi connectivity index (χ2n) is 3.58. The molecule has 0 aromatic carbocycles. The van der Waals surface area contributed by atoms with Crippen molar-refractivity contribution in [3.8, 4) is 0 Å².